The minimum atomic E-state index is -0.634. The Kier molecular flexibility index (Phi) is 6.35. The molecule has 2 aromatic rings. The number of carbonyl (C=O) groups is 2. The number of rotatable bonds is 5. The molecule has 1 saturated heterocycles. The highest BCUT2D eigenvalue weighted by Crippen LogP contribution is 2.34. The Balaban J connectivity index is 1.43. The second-order valence-corrected chi connectivity index (χ2v) is 9.31. The van der Waals surface area contributed by atoms with Crippen molar-refractivity contribution in [3.05, 3.63) is 64.1 Å². The first kappa shape index (κ1) is 22.1. The number of pyridine rings is 1. The zero-order valence-corrected chi connectivity index (χ0v) is 19.0. The third kappa shape index (κ3) is 4.56. The van der Waals surface area contributed by atoms with E-state index in [-0.39, 0.29) is 35.3 Å². The third-order valence-corrected chi connectivity index (χ3v) is 6.62. The second-order valence-electron chi connectivity index (χ2n) is 9.31. The van der Waals surface area contributed by atoms with Gasteiger partial charge in [0.05, 0.1) is 0 Å². The molecule has 0 saturated carbocycles. The van der Waals surface area contributed by atoms with E-state index in [9.17, 15) is 14.4 Å². The molecule has 32 heavy (non-hydrogen) atoms. The van der Waals surface area contributed by atoms with Gasteiger partial charge in [-0.1, -0.05) is 39.0 Å². The Morgan fingerprint density at radius 3 is 2.50 bits per heavy atom. The molecular formula is C25H32N4O3. The van der Waals surface area contributed by atoms with Crippen LogP contribution < -0.4 is 16.2 Å². The van der Waals surface area contributed by atoms with Gasteiger partial charge in [-0.25, -0.2) is 4.79 Å². The van der Waals surface area contributed by atoms with E-state index in [0.29, 0.717) is 19.6 Å². The predicted octanol–water partition coefficient (Wildman–Crippen LogP) is 3.20. The maximum Gasteiger partial charge on any atom is 0.318 e. The fourth-order valence-electron chi connectivity index (χ4n) is 4.87. The van der Waals surface area contributed by atoms with Crippen LogP contribution in [0.25, 0.3) is 0 Å². The zero-order chi connectivity index (χ0) is 22.8. The zero-order valence-electron chi connectivity index (χ0n) is 19.0. The first-order valence-electron chi connectivity index (χ1n) is 11.5. The Morgan fingerprint density at radius 2 is 1.81 bits per heavy atom. The van der Waals surface area contributed by atoms with Gasteiger partial charge in [-0.2, -0.15) is 0 Å². The quantitative estimate of drug-likeness (QED) is 0.755. The van der Waals surface area contributed by atoms with Gasteiger partial charge in [-0.15, -0.1) is 0 Å². The summed E-state index contributed by atoms with van der Waals surface area (Å²) in [6, 6.07) is 12.3. The van der Waals surface area contributed by atoms with E-state index in [0.717, 1.165) is 24.2 Å². The summed E-state index contributed by atoms with van der Waals surface area (Å²) in [5.41, 5.74) is 2.95. The lowest BCUT2D eigenvalue weighted by Gasteiger charge is -2.43. The van der Waals surface area contributed by atoms with Gasteiger partial charge in [0.1, 0.15) is 6.04 Å². The molecule has 3 amide bonds. The topological polar surface area (TPSA) is 83.4 Å². The normalized spacial score (nSPS) is 20.4. The van der Waals surface area contributed by atoms with Crippen molar-refractivity contribution in [2.75, 3.05) is 18.4 Å². The van der Waals surface area contributed by atoms with Crippen molar-refractivity contribution in [1.82, 2.24) is 14.8 Å². The predicted molar refractivity (Wildman–Crippen MR) is 125 cm³/mol. The van der Waals surface area contributed by atoms with E-state index >= 15 is 0 Å². The van der Waals surface area contributed by atoms with Gasteiger partial charge in [0.15, 0.2) is 0 Å². The number of urea groups is 1. The van der Waals surface area contributed by atoms with Crippen molar-refractivity contribution in [2.24, 2.45) is 11.8 Å². The van der Waals surface area contributed by atoms with Crippen molar-refractivity contribution in [3.8, 4) is 0 Å². The highest BCUT2D eigenvalue weighted by atomic mass is 16.2. The molecule has 3 atom stereocenters. The standard InChI is InChI=1S/C25H32N4O3/c1-4-17-8-10-20(11-9-17)26-24(31)23(16(2)3)27-25(32)28-13-18-12-19(15-28)21-6-5-7-22(30)29(21)14-18/h5-11,16,18-19,23H,4,12-15H2,1-3H3,(H,26,31)(H,27,32). The fraction of sp³-hybridized carbons (Fsp3) is 0.480. The number of nitrogens with zero attached hydrogens (tertiary/aromatic N) is 2. The van der Waals surface area contributed by atoms with Gasteiger partial charge >= 0.3 is 6.03 Å². The number of likely N-dealkylation sites (tertiary alicyclic amines) is 1. The Bertz CT molecular complexity index is 1040. The number of hydrogen-bond acceptors (Lipinski definition) is 3. The lowest BCUT2D eigenvalue weighted by Crippen LogP contribution is -2.56. The molecule has 3 heterocycles. The smallest absolute Gasteiger partial charge is 0.318 e. The van der Waals surface area contributed by atoms with E-state index in [1.54, 1.807) is 17.0 Å². The molecule has 7 heteroatoms. The number of fused-ring (bicyclic) bond motifs is 4. The molecule has 0 spiro atoms. The molecule has 7 nitrogen and oxygen atoms in total. The van der Waals surface area contributed by atoms with Gasteiger partial charge in [-0.05, 0) is 48.4 Å². The first-order chi connectivity index (χ1) is 15.4. The molecule has 2 aliphatic heterocycles. The average molecular weight is 437 g/mol. The number of piperidine rings is 1. The molecule has 2 bridgehead atoms. The average Bonchev–Trinajstić information content (AvgIpc) is 2.78. The van der Waals surface area contributed by atoms with Crippen molar-refractivity contribution in [2.45, 2.75) is 52.1 Å². The highest BCUT2D eigenvalue weighted by molar-refractivity contribution is 5.97. The summed E-state index contributed by atoms with van der Waals surface area (Å²) in [7, 11) is 0. The monoisotopic (exact) mass is 436 g/mol. The number of aryl methyl sites for hydroxylation is 1. The summed E-state index contributed by atoms with van der Waals surface area (Å²) in [5, 5.41) is 5.89. The van der Waals surface area contributed by atoms with Gasteiger partial charge in [0.2, 0.25) is 5.91 Å². The van der Waals surface area contributed by atoms with E-state index in [4.69, 9.17) is 0 Å². The molecule has 4 rings (SSSR count). The molecule has 0 radical (unpaired) electrons. The lowest BCUT2D eigenvalue weighted by molar-refractivity contribution is -0.118. The number of nitrogens with one attached hydrogen (secondary N) is 2. The largest absolute Gasteiger partial charge is 0.326 e. The van der Waals surface area contributed by atoms with Gasteiger partial charge in [0.25, 0.3) is 5.56 Å². The highest BCUT2D eigenvalue weighted by Gasteiger charge is 2.37. The summed E-state index contributed by atoms with van der Waals surface area (Å²) in [4.78, 5) is 40.1. The summed E-state index contributed by atoms with van der Waals surface area (Å²) >= 11 is 0. The molecule has 2 N–H and O–H groups in total. The molecule has 0 aliphatic carbocycles. The van der Waals surface area contributed by atoms with Crippen LogP contribution in [-0.4, -0.2) is 40.5 Å². The van der Waals surface area contributed by atoms with Gasteiger partial charge in [-0.3, -0.25) is 9.59 Å². The van der Waals surface area contributed by atoms with Crippen LogP contribution in [0.2, 0.25) is 0 Å². The maximum absolute atomic E-state index is 13.1. The number of aromatic nitrogens is 1. The maximum atomic E-state index is 13.1. The number of carbonyl (C=O) groups excluding carboxylic acids is 2. The minimum Gasteiger partial charge on any atom is -0.326 e. The van der Waals surface area contributed by atoms with Crippen molar-refractivity contribution in [1.29, 1.82) is 0 Å². The summed E-state index contributed by atoms with van der Waals surface area (Å²) < 4.78 is 1.85. The molecule has 2 aliphatic rings. The van der Waals surface area contributed by atoms with Crippen LogP contribution in [-0.2, 0) is 17.8 Å². The van der Waals surface area contributed by atoms with Crippen LogP contribution in [0.3, 0.4) is 0 Å². The van der Waals surface area contributed by atoms with Crippen LogP contribution >= 0.6 is 0 Å². The molecule has 3 unspecified atom stereocenters. The van der Waals surface area contributed by atoms with Gasteiger partial charge < -0.3 is 20.1 Å². The third-order valence-electron chi connectivity index (χ3n) is 6.62. The Labute approximate surface area is 188 Å². The molecular weight excluding hydrogens is 404 g/mol. The van der Waals surface area contributed by atoms with Crippen LogP contribution in [0, 0.1) is 11.8 Å². The lowest BCUT2D eigenvalue weighted by atomic mass is 9.83. The number of anilines is 1. The van der Waals surface area contributed by atoms with E-state index in [1.807, 2.05) is 48.7 Å². The van der Waals surface area contributed by atoms with Crippen molar-refractivity contribution < 1.29 is 9.59 Å². The molecule has 1 aromatic heterocycles. The van der Waals surface area contributed by atoms with Crippen molar-refractivity contribution >= 4 is 17.6 Å². The number of benzene rings is 1. The van der Waals surface area contributed by atoms with E-state index < -0.39 is 6.04 Å². The van der Waals surface area contributed by atoms with Crippen LogP contribution in [0.1, 0.15) is 44.4 Å². The Morgan fingerprint density at radius 1 is 1.06 bits per heavy atom. The summed E-state index contributed by atoms with van der Waals surface area (Å²) in [6.45, 7) is 7.72. The van der Waals surface area contributed by atoms with Crippen molar-refractivity contribution in [3.63, 3.8) is 0 Å². The van der Waals surface area contributed by atoms with Crippen LogP contribution in [0.15, 0.2) is 47.3 Å². The number of amides is 3. The van der Waals surface area contributed by atoms with E-state index in [2.05, 4.69) is 17.6 Å². The second kappa shape index (κ2) is 9.18. The van der Waals surface area contributed by atoms with Crippen LogP contribution in [0.4, 0.5) is 10.5 Å². The fourth-order valence-corrected chi connectivity index (χ4v) is 4.87. The van der Waals surface area contributed by atoms with E-state index in [1.165, 1.54) is 5.56 Å². The SMILES string of the molecule is CCc1ccc(NC(=O)C(NC(=O)N2CC3CC(C2)c2cccc(=O)n2C3)C(C)C)cc1. The molecule has 170 valence electrons. The Hall–Kier alpha value is -3.09. The number of hydrogen-bond donors (Lipinski definition) is 2. The first-order valence-corrected chi connectivity index (χ1v) is 11.5. The van der Waals surface area contributed by atoms with Gasteiger partial charge in [0, 0.05) is 43.0 Å². The summed E-state index contributed by atoms with van der Waals surface area (Å²) in [6.07, 6.45) is 1.92. The van der Waals surface area contributed by atoms with Crippen LogP contribution in [0.5, 0.6) is 0 Å². The molecule has 1 aromatic carbocycles. The summed E-state index contributed by atoms with van der Waals surface area (Å²) in [5.74, 6) is 0.116. The molecule has 1 fully saturated rings. The minimum absolute atomic E-state index is 0.0265.